The van der Waals surface area contributed by atoms with Crippen molar-refractivity contribution in [3.8, 4) is 5.75 Å². The zero-order chi connectivity index (χ0) is 16.8. The molecule has 2 rings (SSSR count). The van der Waals surface area contributed by atoms with Crippen LogP contribution in [0.25, 0.3) is 0 Å². The van der Waals surface area contributed by atoms with Gasteiger partial charge in [-0.1, -0.05) is 0 Å². The van der Waals surface area contributed by atoms with Gasteiger partial charge < -0.3 is 10.1 Å². The number of hydrogen-bond donors (Lipinski definition) is 2. The minimum absolute atomic E-state index is 0.134. The Morgan fingerprint density at radius 2 is 2.04 bits per heavy atom. The van der Waals surface area contributed by atoms with Gasteiger partial charge in [-0.05, 0) is 38.1 Å². The molecule has 0 atom stereocenters. The van der Waals surface area contributed by atoms with Gasteiger partial charge >= 0.3 is 0 Å². The van der Waals surface area contributed by atoms with Gasteiger partial charge in [0.1, 0.15) is 5.75 Å². The highest BCUT2D eigenvalue weighted by Gasteiger charge is 2.06. The molecule has 0 saturated carbocycles. The third kappa shape index (κ3) is 4.32. The maximum absolute atomic E-state index is 11.8. The Balaban J connectivity index is 1.83. The Morgan fingerprint density at radius 1 is 1.35 bits per heavy atom. The van der Waals surface area contributed by atoms with Crippen molar-refractivity contribution in [3.63, 3.8) is 0 Å². The predicted octanol–water partition coefficient (Wildman–Crippen LogP) is 1.61. The number of hydrogen-bond acceptors (Lipinski definition) is 5. The summed E-state index contributed by atoms with van der Waals surface area (Å²) in [5.74, 6) is 0.545. The van der Waals surface area contributed by atoms with Gasteiger partial charge in [-0.25, -0.2) is 5.43 Å². The number of anilines is 1. The van der Waals surface area contributed by atoms with E-state index in [1.54, 1.807) is 18.0 Å². The van der Waals surface area contributed by atoms with E-state index in [1.807, 2.05) is 45.2 Å². The first-order valence-corrected chi connectivity index (χ1v) is 7.21. The quantitative estimate of drug-likeness (QED) is 0.627. The summed E-state index contributed by atoms with van der Waals surface area (Å²) in [7, 11) is 3.48. The zero-order valence-electron chi connectivity index (χ0n) is 13.8. The van der Waals surface area contributed by atoms with Gasteiger partial charge in [-0.15, -0.1) is 0 Å². The lowest BCUT2D eigenvalue weighted by atomic mass is 10.2. The molecule has 0 fully saturated rings. The molecule has 7 nitrogen and oxygen atoms in total. The SMILES string of the molecule is COc1ccc(NCC(=O)N/N=C\c2c(C)nn(C)c2C)cc1. The van der Waals surface area contributed by atoms with Crippen LogP contribution >= 0.6 is 0 Å². The summed E-state index contributed by atoms with van der Waals surface area (Å²) in [6, 6.07) is 7.34. The molecule has 0 aliphatic carbocycles. The van der Waals surface area contributed by atoms with Crippen molar-refractivity contribution in [1.82, 2.24) is 15.2 Å². The molecule has 2 aromatic rings. The third-order valence-corrected chi connectivity index (χ3v) is 3.49. The van der Waals surface area contributed by atoms with E-state index in [2.05, 4.69) is 20.9 Å². The molecular formula is C16H21N5O2. The molecule has 122 valence electrons. The van der Waals surface area contributed by atoms with Crippen molar-refractivity contribution in [3.05, 3.63) is 41.2 Å². The molecule has 1 amide bonds. The smallest absolute Gasteiger partial charge is 0.259 e. The number of aromatic nitrogens is 2. The fourth-order valence-corrected chi connectivity index (χ4v) is 2.08. The maximum Gasteiger partial charge on any atom is 0.259 e. The molecule has 0 spiro atoms. The number of carbonyl (C=O) groups is 1. The molecule has 1 heterocycles. The minimum atomic E-state index is -0.226. The topological polar surface area (TPSA) is 80.5 Å². The number of methoxy groups -OCH3 is 1. The van der Waals surface area contributed by atoms with E-state index in [0.29, 0.717) is 0 Å². The summed E-state index contributed by atoms with van der Waals surface area (Å²) in [4.78, 5) is 11.8. The van der Waals surface area contributed by atoms with Crippen LogP contribution in [-0.4, -0.2) is 35.6 Å². The van der Waals surface area contributed by atoms with Crippen LogP contribution in [0.2, 0.25) is 0 Å². The first-order valence-electron chi connectivity index (χ1n) is 7.21. The molecule has 0 aliphatic heterocycles. The number of rotatable bonds is 6. The normalized spacial score (nSPS) is 10.8. The lowest BCUT2D eigenvalue weighted by molar-refractivity contribution is -0.119. The Bertz CT molecular complexity index is 704. The van der Waals surface area contributed by atoms with E-state index in [-0.39, 0.29) is 12.5 Å². The highest BCUT2D eigenvalue weighted by molar-refractivity contribution is 5.85. The van der Waals surface area contributed by atoms with Crippen LogP contribution < -0.4 is 15.5 Å². The Hall–Kier alpha value is -2.83. The first kappa shape index (κ1) is 16.5. The highest BCUT2D eigenvalue weighted by atomic mass is 16.5. The molecular weight excluding hydrogens is 294 g/mol. The predicted molar refractivity (Wildman–Crippen MR) is 89.9 cm³/mol. The largest absolute Gasteiger partial charge is 0.497 e. The van der Waals surface area contributed by atoms with Gasteiger partial charge in [0.25, 0.3) is 5.91 Å². The molecule has 23 heavy (non-hydrogen) atoms. The Kier molecular flexibility index (Phi) is 5.35. The fourth-order valence-electron chi connectivity index (χ4n) is 2.08. The summed E-state index contributed by atoms with van der Waals surface area (Å²) < 4.78 is 6.86. The number of nitrogens with zero attached hydrogens (tertiary/aromatic N) is 3. The van der Waals surface area contributed by atoms with E-state index >= 15 is 0 Å². The Labute approximate surface area is 135 Å². The average molecular weight is 315 g/mol. The van der Waals surface area contributed by atoms with Gasteiger partial charge in [-0.2, -0.15) is 10.2 Å². The number of aryl methyl sites for hydroxylation is 2. The molecule has 0 aliphatic rings. The van der Waals surface area contributed by atoms with Crippen molar-refractivity contribution in [2.24, 2.45) is 12.1 Å². The van der Waals surface area contributed by atoms with E-state index in [0.717, 1.165) is 28.4 Å². The van der Waals surface area contributed by atoms with E-state index in [1.165, 1.54) is 0 Å². The van der Waals surface area contributed by atoms with Crippen LogP contribution in [0.5, 0.6) is 5.75 Å². The van der Waals surface area contributed by atoms with Crippen LogP contribution in [-0.2, 0) is 11.8 Å². The van der Waals surface area contributed by atoms with Crippen LogP contribution in [0.1, 0.15) is 17.0 Å². The van der Waals surface area contributed by atoms with Crippen LogP contribution in [0, 0.1) is 13.8 Å². The second-order valence-electron chi connectivity index (χ2n) is 5.08. The van der Waals surface area contributed by atoms with E-state index < -0.39 is 0 Å². The second-order valence-corrected chi connectivity index (χ2v) is 5.08. The van der Waals surface area contributed by atoms with Gasteiger partial charge in [0.2, 0.25) is 0 Å². The molecule has 1 aromatic heterocycles. The van der Waals surface area contributed by atoms with Gasteiger partial charge in [0.05, 0.1) is 25.6 Å². The van der Waals surface area contributed by atoms with Gasteiger partial charge in [0, 0.05) is 24.0 Å². The lowest BCUT2D eigenvalue weighted by Gasteiger charge is -2.06. The molecule has 7 heteroatoms. The number of benzene rings is 1. The standard InChI is InChI=1S/C16H21N5O2/c1-11-15(12(2)21(3)20-11)9-18-19-16(22)10-17-13-5-7-14(23-4)8-6-13/h5-9,17H,10H2,1-4H3,(H,19,22)/b18-9-. The van der Waals surface area contributed by atoms with Crippen LogP contribution in [0.4, 0.5) is 5.69 Å². The monoisotopic (exact) mass is 315 g/mol. The molecule has 0 bridgehead atoms. The van der Waals surface area contributed by atoms with Crippen molar-refractivity contribution < 1.29 is 9.53 Å². The summed E-state index contributed by atoms with van der Waals surface area (Å²) in [5, 5.41) is 11.3. The first-order chi connectivity index (χ1) is 11.0. The summed E-state index contributed by atoms with van der Waals surface area (Å²) >= 11 is 0. The fraction of sp³-hybridized carbons (Fsp3) is 0.312. The minimum Gasteiger partial charge on any atom is -0.497 e. The van der Waals surface area contributed by atoms with Gasteiger partial charge in [0.15, 0.2) is 0 Å². The van der Waals surface area contributed by atoms with Gasteiger partial charge in [-0.3, -0.25) is 9.48 Å². The molecule has 0 radical (unpaired) electrons. The number of carbonyl (C=O) groups excluding carboxylic acids is 1. The van der Waals surface area contributed by atoms with Crippen LogP contribution in [0.15, 0.2) is 29.4 Å². The molecule has 2 N–H and O–H groups in total. The number of amides is 1. The highest BCUT2D eigenvalue weighted by Crippen LogP contribution is 2.14. The number of nitrogens with one attached hydrogen (secondary N) is 2. The summed E-state index contributed by atoms with van der Waals surface area (Å²) in [6.07, 6.45) is 1.61. The molecule has 1 aromatic carbocycles. The van der Waals surface area contributed by atoms with E-state index in [9.17, 15) is 4.79 Å². The van der Waals surface area contributed by atoms with Crippen molar-refractivity contribution in [2.45, 2.75) is 13.8 Å². The van der Waals surface area contributed by atoms with Crippen molar-refractivity contribution >= 4 is 17.8 Å². The van der Waals surface area contributed by atoms with Crippen LogP contribution in [0.3, 0.4) is 0 Å². The number of ether oxygens (including phenoxy) is 1. The lowest BCUT2D eigenvalue weighted by Crippen LogP contribution is -2.25. The Morgan fingerprint density at radius 3 is 2.61 bits per heavy atom. The summed E-state index contributed by atoms with van der Waals surface area (Å²) in [6.45, 7) is 3.99. The van der Waals surface area contributed by atoms with E-state index in [4.69, 9.17) is 4.74 Å². The summed E-state index contributed by atoms with van der Waals surface area (Å²) in [5.41, 5.74) is 6.12. The average Bonchev–Trinajstić information content (AvgIpc) is 2.79. The molecule has 0 unspecified atom stereocenters. The number of hydrazone groups is 1. The zero-order valence-corrected chi connectivity index (χ0v) is 13.8. The third-order valence-electron chi connectivity index (χ3n) is 3.49. The van der Waals surface area contributed by atoms with Crippen molar-refractivity contribution in [2.75, 3.05) is 19.0 Å². The van der Waals surface area contributed by atoms with Crippen molar-refractivity contribution in [1.29, 1.82) is 0 Å². The second kappa shape index (κ2) is 7.44. The molecule has 0 saturated heterocycles. The maximum atomic E-state index is 11.8.